The molecule has 0 bridgehead atoms. The SMILES string of the molecule is COc1ccc(C2CC(=O)Oc3ccc4c(c32)OC(=Cc2cc(OC)c(OC)cc2OC)C4=O)cc1O. The van der Waals surface area contributed by atoms with Gasteiger partial charge in [-0.2, -0.15) is 0 Å². The van der Waals surface area contributed by atoms with E-state index in [4.69, 9.17) is 28.4 Å². The van der Waals surface area contributed by atoms with Crippen molar-refractivity contribution < 1.29 is 43.1 Å². The van der Waals surface area contributed by atoms with Crippen molar-refractivity contribution in [2.24, 2.45) is 0 Å². The number of ether oxygens (including phenoxy) is 6. The zero-order chi connectivity index (χ0) is 26.3. The summed E-state index contributed by atoms with van der Waals surface area (Å²) in [6, 6.07) is 11.4. The Morgan fingerprint density at radius 3 is 2.22 bits per heavy atom. The van der Waals surface area contributed by atoms with Crippen LogP contribution in [-0.4, -0.2) is 45.3 Å². The number of phenols is 1. The molecule has 5 rings (SSSR count). The molecule has 9 nitrogen and oxygen atoms in total. The average Bonchev–Trinajstić information content (AvgIpc) is 3.22. The molecule has 9 heteroatoms. The minimum Gasteiger partial charge on any atom is -0.504 e. The van der Waals surface area contributed by atoms with E-state index >= 15 is 0 Å². The number of hydrogen-bond donors (Lipinski definition) is 1. The number of allylic oxidation sites excluding steroid dienone is 1. The summed E-state index contributed by atoms with van der Waals surface area (Å²) in [6.45, 7) is 0. The molecule has 190 valence electrons. The molecule has 0 radical (unpaired) electrons. The Bertz CT molecular complexity index is 1450. The van der Waals surface area contributed by atoms with Gasteiger partial charge in [0.25, 0.3) is 0 Å². The first-order valence-electron chi connectivity index (χ1n) is 11.4. The highest BCUT2D eigenvalue weighted by Gasteiger charge is 2.39. The van der Waals surface area contributed by atoms with Gasteiger partial charge in [0.1, 0.15) is 17.2 Å². The second kappa shape index (κ2) is 9.42. The lowest BCUT2D eigenvalue weighted by Crippen LogP contribution is -2.21. The van der Waals surface area contributed by atoms with Crippen molar-refractivity contribution in [3.8, 4) is 40.2 Å². The monoisotopic (exact) mass is 504 g/mol. The molecule has 0 aliphatic carbocycles. The maximum Gasteiger partial charge on any atom is 0.312 e. The van der Waals surface area contributed by atoms with Gasteiger partial charge in [-0.15, -0.1) is 0 Å². The maximum atomic E-state index is 13.4. The van der Waals surface area contributed by atoms with Crippen LogP contribution in [0.3, 0.4) is 0 Å². The lowest BCUT2D eigenvalue weighted by Gasteiger charge is -2.26. The van der Waals surface area contributed by atoms with Gasteiger partial charge in [0.15, 0.2) is 28.8 Å². The second-order valence-corrected chi connectivity index (χ2v) is 8.41. The number of hydrogen-bond acceptors (Lipinski definition) is 9. The molecule has 0 fully saturated rings. The number of aromatic hydroxyl groups is 1. The van der Waals surface area contributed by atoms with Gasteiger partial charge in [-0.05, 0) is 42.0 Å². The molecule has 1 unspecified atom stereocenters. The first-order chi connectivity index (χ1) is 17.9. The van der Waals surface area contributed by atoms with E-state index in [1.807, 2.05) is 0 Å². The highest BCUT2D eigenvalue weighted by Crippen LogP contribution is 2.50. The normalized spacial score (nSPS) is 17.0. The van der Waals surface area contributed by atoms with Crippen LogP contribution in [0.5, 0.6) is 40.2 Å². The Morgan fingerprint density at radius 2 is 1.54 bits per heavy atom. The van der Waals surface area contributed by atoms with Gasteiger partial charge in [0.2, 0.25) is 5.78 Å². The number of carbonyl (C=O) groups excluding carboxylic acids is 2. The van der Waals surface area contributed by atoms with Gasteiger partial charge in [-0.3, -0.25) is 9.59 Å². The lowest BCUT2D eigenvalue weighted by atomic mass is 9.84. The van der Waals surface area contributed by atoms with Crippen LogP contribution < -0.4 is 28.4 Å². The van der Waals surface area contributed by atoms with Gasteiger partial charge < -0.3 is 33.5 Å². The molecule has 37 heavy (non-hydrogen) atoms. The van der Waals surface area contributed by atoms with Crippen molar-refractivity contribution in [1.29, 1.82) is 0 Å². The van der Waals surface area contributed by atoms with E-state index in [0.29, 0.717) is 56.8 Å². The minimum absolute atomic E-state index is 0.00925. The average molecular weight is 504 g/mol. The van der Waals surface area contributed by atoms with Crippen molar-refractivity contribution >= 4 is 17.8 Å². The van der Waals surface area contributed by atoms with Gasteiger partial charge in [-0.1, -0.05) is 6.07 Å². The van der Waals surface area contributed by atoms with Crippen LogP contribution in [0.4, 0.5) is 0 Å². The van der Waals surface area contributed by atoms with E-state index in [0.717, 1.165) is 0 Å². The molecular formula is C28H24O9. The molecule has 0 saturated carbocycles. The number of rotatable bonds is 6. The van der Waals surface area contributed by atoms with Crippen molar-refractivity contribution in [3.05, 3.63) is 70.5 Å². The molecule has 0 aromatic heterocycles. The summed E-state index contributed by atoms with van der Waals surface area (Å²) in [6.07, 6.45) is 1.58. The van der Waals surface area contributed by atoms with E-state index in [1.165, 1.54) is 34.5 Å². The van der Waals surface area contributed by atoms with E-state index in [2.05, 4.69) is 0 Å². The van der Waals surface area contributed by atoms with Crippen molar-refractivity contribution in [1.82, 2.24) is 0 Å². The molecule has 2 aliphatic heterocycles. The Labute approximate surface area is 212 Å². The third-order valence-electron chi connectivity index (χ3n) is 6.41. The molecule has 2 heterocycles. The first kappa shape index (κ1) is 24.1. The highest BCUT2D eigenvalue weighted by molar-refractivity contribution is 6.15. The Hall–Kier alpha value is -4.66. The molecule has 0 saturated heterocycles. The zero-order valence-electron chi connectivity index (χ0n) is 20.6. The summed E-state index contributed by atoms with van der Waals surface area (Å²) < 4.78 is 32.9. The second-order valence-electron chi connectivity index (χ2n) is 8.41. The standard InChI is InChI=1S/C28H24O9/c1-32-19-7-5-14(9-18(19)29)17-12-25(30)36-20-8-6-16-27(31)24(37-28(16)26(17)20)11-15-10-22(34-3)23(35-4)13-21(15)33-2/h5-11,13,17,29H,12H2,1-4H3. The van der Waals surface area contributed by atoms with Crippen LogP contribution in [0, 0.1) is 0 Å². The maximum absolute atomic E-state index is 13.4. The van der Waals surface area contributed by atoms with Crippen LogP contribution in [0.2, 0.25) is 0 Å². The number of benzene rings is 3. The molecule has 1 atom stereocenters. The summed E-state index contributed by atoms with van der Waals surface area (Å²) >= 11 is 0. The Morgan fingerprint density at radius 1 is 0.838 bits per heavy atom. The minimum atomic E-state index is -0.509. The van der Waals surface area contributed by atoms with Crippen LogP contribution in [0.15, 0.2) is 48.2 Å². The highest BCUT2D eigenvalue weighted by atomic mass is 16.5. The number of methoxy groups -OCH3 is 4. The molecule has 3 aromatic rings. The Balaban J connectivity index is 1.60. The molecule has 0 spiro atoms. The van der Waals surface area contributed by atoms with Gasteiger partial charge in [0, 0.05) is 23.1 Å². The molecule has 1 N–H and O–H groups in total. The number of fused-ring (bicyclic) bond motifs is 3. The number of esters is 1. The predicted molar refractivity (Wildman–Crippen MR) is 132 cm³/mol. The number of ketones is 1. The zero-order valence-corrected chi connectivity index (χ0v) is 20.6. The van der Waals surface area contributed by atoms with Gasteiger partial charge in [-0.25, -0.2) is 0 Å². The predicted octanol–water partition coefficient (Wildman–Crippen LogP) is 4.48. The lowest BCUT2D eigenvalue weighted by molar-refractivity contribution is -0.135. The molecule has 2 aliphatic rings. The molecule has 0 amide bonds. The number of carbonyl (C=O) groups is 2. The molecule has 3 aromatic carbocycles. The fourth-order valence-corrected chi connectivity index (χ4v) is 4.62. The largest absolute Gasteiger partial charge is 0.504 e. The van der Waals surface area contributed by atoms with Crippen molar-refractivity contribution in [2.45, 2.75) is 12.3 Å². The summed E-state index contributed by atoms with van der Waals surface area (Å²) in [7, 11) is 5.99. The van der Waals surface area contributed by atoms with Crippen molar-refractivity contribution in [3.63, 3.8) is 0 Å². The topological polar surface area (TPSA) is 110 Å². The quantitative estimate of drug-likeness (QED) is 0.295. The van der Waals surface area contributed by atoms with Crippen LogP contribution in [0.1, 0.15) is 39.4 Å². The summed E-state index contributed by atoms with van der Waals surface area (Å²) in [5.74, 6) is 1.05. The fraction of sp³-hybridized carbons (Fsp3) is 0.214. The third-order valence-corrected chi connectivity index (χ3v) is 6.41. The van der Waals surface area contributed by atoms with E-state index in [-0.39, 0.29) is 23.7 Å². The number of Topliss-reactive ketones (excluding diaryl/α,β-unsaturated/α-hetero) is 1. The Kier molecular flexibility index (Phi) is 6.12. The summed E-state index contributed by atoms with van der Waals surface area (Å²) in [5, 5.41) is 10.3. The van der Waals surface area contributed by atoms with Gasteiger partial charge >= 0.3 is 5.97 Å². The summed E-state index contributed by atoms with van der Waals surface area (Å²) in [4.78, 5) is 25.8. The third kappa shape index (κ3) is 4.08. The first-order valence-corrected chi connectivity index (χ1v) is 11.4. The van der Waals surface area contributed by atoms with Gasteiger partial charge in [0.05, 0.1) is 40.4 Å². The molecular weight excluding hydrogens is 480 g/mol. The van der Waals surface area contributed by atoms with Crippen LogP contribution in [0.25, 0.3) is 6.08 Å². The smallest absolute Gasteiger partial charge is 0.312 e. The van der Waals surface area contributed by atoms with Crippen LogP contribution >= 0.6 is 0 Å². The van der Waals surface area contributed by atoms with E-state index in [1.54, 1.807) is 42.5 Å². The van der Waals surface area contributed by atoms with Crippen LogP contribution in [-0.2, 0) is 4.79 Å². The van der Waals surface area contributed by atoms with E-state index in [9.17, 15) is 14.7 Å². The van der Waals surface area contributed by atoms with Crippen molar-refractivity contribution in [2.75, 3.05) is 28.4 Å². The van der Waals surface area contributed by atoms with E-state index < -0.39 is 11.9 Å². The fourth-order valence-electron chi connectivity index (χ4n) is 4.62. The number of phenolic OH excluding ortho intramolecular Hbond substituents is 1. The summed E-state index contributed by atoms with van der Waals surface area (Å²) in [5.41, 5.74) is 2.09.